The summed E-state index contributed by atoms with van der Waals surface area (Å²) in [6.07, 6.45) is 2.09. The molecule has 0 aliphatic rings. The summed E-state index contributed by atoms with van der Waals surface area (Å²) in [5, 5.41) is 15.5. The number of carbonyl (C=O) groups excluding carboxylic acids is 1. The number of aromatic nitrogens is 2. The van der Waals surface area contributed by atoms with Crippen LogP contribution in [0.3, 0.4) is 0 Å². The van der Waals surface area contributed by atoms with E-state index >= 15 is 0 Å². The highest BCUT2D eigenvalue weighted by Crippen LogP contribution is 2.05. The summed E-state index contributed by atoms with van der Waals surface area (Å²) in [4.78, 5) is 22.8. The second-order valence-electron chi connectivity index (χ2n) is 4.30. The van der Waals surface area contributed by atoms with Gasteiger partial charge in [-0.1, -0.05) is 19.8 Å². The van der Waals surface area contributed by atoms with Crippen molar-refractivity contribution >= 4 is 11.9 Å². The zero-order valence-electron chi connectivity index (χ0n) is 10.9. The van der Waals surface area contributed by atoms with Crippen LogP contribution < -0.4 is 5.32 Å². The molecule has 1 aromatic rings. The largest absolute Gasteiger partial charge is 0.480 e. The summed E-state index contributed by atoms with van der Waals surface area (Å²) >= 11 is 0. The minimum atomic E-state index is -1.01. The van der Waals surface area contributed by atoms with Crippen molar-refractivity contribution in [3.8, 4) is 0 Å². The molecule has 18 heavy (non-hydrogen) atoms. The van der Waals surface area contributed by atoms with Gasteiger partial charge < -0.3 is 10.4 Å². The van der Waals surface area contributed by atoms with Gasteiger partial charge in [-0.05, 0) is 19.4 Å². The first-order chi connectivity index (χ1) is 8.45. The maximum Gasteiger partial charge on any atom is 0.326 e. The fourth-order valence-corrected chi connectivity index (χ4v) is 1.57. The topological polar surface area (TPSA) is 84.2 Å². The van der Waals surface area contributed by atoms with Gasteiger partial charge in [0, 0.05) is 12.7 Å². The van der Waals surface area contributed by atoms with E-state index in [1.807, 2.05) is 13.8 Å². The maximum atomic E-state index is 11.8. The number of aryl methyl sites for hydroxylation is 2. The van der Waals surface area contributed by atoms with Gasteiger partial charge in [-0.25, -0.2) is 4.79 Å². The Balaban J connectivity index is 2.69. The number of unbranched alkanes of at least 4 members (excludes halogenated alkanes) is 1. The van der Waals surface area contributed by atoms with E-state index in [2.05, 4.69) is 10.4 Å². The summed E-state index contributed by atoms with van der Waals surface area (Å²) in [6, 6.07) is 0.786. The number of nitrogens with zero attached hydrogens (tertiary/aromatic N) is 2. The van der Waals surface area contributed by atoms with Crippen LogP contribution in [0.15, 0.2) is 6.07 Å². The van der Waals surface area contributed by atoms with E-state index in [0.29, 0.717) is 6.42 Å². The minimum Gasteiger partial charge on any atom is -0.480 e. The third kappa shape index (κ3) is 3.58. The van der Waals surface area contributed by atoms with E-state index in [1.165, 1.54) is 0 Å². The average molecular weight is 253 g/mol. The molecule has 1 atom stereocenters. The molecule has 0 aliphatic heterocycles. The molecule has 1 rings (SSSR count). The van der Waals surface area contributed by atoms with Gasteiger partial charge in [-0.15, -0.1) is 0 Å². The number of hydrogen-bond acceptors (Lipinski definition) is 3. The zero-order chi connectivity index (χ0) is 13.7. The van der Waals surface area contributed by atoms with Gasteiger partial charge in [0.1, 0.15) is 11.7 Å². The standard InChI is InChI=1S/C12H19N3O3/c1-4-5-6-9(12(17)18)13-11(16)10-7-8(2)15(3)14-10/h7,9H,4-6H2,1-3H3,(H,13,16)(H,17,18). The molecule has 1 heterocycles. The van der Waals surface area contributed by atoms with Crippen LogP contribution in [-0.2, 0) is 11.8 Å². The molecule has 0 saturated heterocycles. The highest BCUT2D eigenvalue weighted by Gasteiger charge is 2.21. The number of nitrogens with one attached hydrogen (secondary N) is 1. The highest BCUT2D eigenvalue weighted by atomic mass is 16.4. The predicted octanol–water partition coefficient (Wildman–Crippen LogP) is 1.10. The van der Waals surface area contributed by atoms with Crippen molar-refractivity contribution in [2.24, 2.45) is 7.05 Å². The smallest absolute Gasteiger partial charge is 0.326 e. The Labute approximate surface area is 106 Å². The normalized spacial score (nSPS) is 12.2. The summed E-state index contributed by atoms with van der Waals surface area (Å²) in [7, 11) is 1.73. The first kappa shape index (κ1) is 14.2. The van der Waals surface area contributed by atoms with E-state index in [-0.39, 0.29) is 5.69 Å². The summed E-state index contributed by atoms with van der Waals surface area (Å²) in [5.41, 5.74) is 1.10. The second-order valence-corrected chi connectivity index (χ2v) is 4.30. The Hall–Kier alpha value is -1.85. The molecule has 6 heteroatoms. The molecule has 2 N–H and O–H groups in total. The average Bonchev–Trinajstić information content (AvgIpc) is 2.64. The summed E-state index contributed by atoms with van der Waals surface area (Å²) in [5.74, 6) is -1.45. The third-order valence-electron chi connectivity index (χ3n) is 2.80. The molecule has 0 radical (unpaired) electrons. The fourth-order valence-electron chi connectivity index (χ4n) is 1.57. The Morgan fingerprint density at radius 2 is 2.22 bits per heavy atom. The van der Waals surface area contributed by atoms with Crippen LogP contribution >= 0.6 is 0 Å². The minimum absolute atomic E-state index is 0.248. The third-order valence-corrected chi connectivity index (χ3v) is 2.80. The molecule has 0 bridgehead atoms. The van der Waals surface area contributed by atoms with E-state index in [9.17, 15) is 9.59 Å². The van der Waals surface area contributed by atoms with Crippen LogP contribution in [0.2, 0.25) is 0 Å². The van der Waals surface area contributed by atoms with Crippen molar-refractivity contribution in [1.82, 2.24) is 15.1 Å². The first-order valence-corrected chi connectivity index (χ1v) is 6.00. The van der Waals surface area contributed by atoms with E-state index < -0.39 is 17.9 Å². The summed E-state index contributed by atoms with van der Waals surface area (Å²) in [6.45, 7) is 3.80. The quantitative estimate of drug-likeness (QED) is 0.795. The number of amides is 1. The number of carbonyl (C=O) groups is 2. The number of carboxylic acid groups (broad SMARTS) is 1. The van der Waals surface area contributed by atoms with Gasteiger partial charge in [0.05, 0.1) is 0 Å². The Kier molecular flexibility index (Phi) is 4.88. The predicted molar refractivity (Wildman–Crippen MR) is 66.4 cm³/mol. The molecule has 100 valence electrons. The second kappa shape index (κ2) is 6.18. The maximum absolute atomic E-state index is 11.8. The van der Waals surface area contributed by atoms with Crippen LogP contribution in [0.1, 0.15) is 42.4 Å². The molecule has 0 aromatic carbocycles. The molecule has 0 saturated carbocycles. The van der Waals surface area contributed by atoms with Crippen LogP contribution in [-0.4, -0.2) is 32.8 Å². The molecule has 6 nitrogen and oxygen atoms in total. The molecular formula is C12H19N3O3. The SMILES string of the molecule is CCCCC(NC(=O)c1cc(C)n(C)n1)C(=O)O. The van der Waals surface area contributed by atoms with Crippen molar-refractivity contribution in [2.45, 2.75) is 39.2 Å². The number of carboxylic acids is 1. The van der Waals surface area contributed by atoms with Crippen LogP contribution in [0.4, 0.5) is 0 Å². The lowest BCUT2D eigenvalue weighted by molar-refractivity contribution is -0.139. The molecule has 0 fully saturated rings. The van der Waals surface area contributed by atoms with Gasteiger partial charge in [-0.3, -0.25) is 9.48 Å². The van der Waals surface area contributed by atoms with Crippen molar-refractivity contribution in [3.05, 3.63) is 17.5 Å². The highest BCUT2D eigenvalue weighted by molar-refractivity contribution is 5.95. The Morgan fingerprint density at radius 1 is 1.56 bits per heavy atom. The Bertz CT molecular complexity index is 420. The fraction of sp³-hybridized carbons (Fsp3) is 0.583. The lowest BCUT2D eigenvalue weighted by Gasteiger charge is -2.12. The van der Waals surface area contributed by atoms with Crippen LogP contribution in [0.5, 0.6) is 0 Å². The van der Waals surface area contributed by atoms with Crippen molar-refractivity contribution < 1.29 is 14.7 Å². The van der Waals surface area contributed by atoms with Gasteiger partial charge in [0.2, 0.25) is 0 Å². The molecular weight excluding hydrogens is 234 g/mol. The van der Waals surface area contributed by atoms with Gasteiger partial charge in [-0.2, -0.15) is 5.10 Å². The molecule has 1 aromatic heterocycles. The first-order valence-electron chi connectivity index (χ1n) is 6.00. The lowest BCUT2D eigenvalue weighted by atomic mass is 10.1. The Morgan fingerprint density at radius 3 is 2.67 bits per heavy atom. The van der Waals surface area contributed by atoms with Crippen LogP contribution in [0, 0.1) is 6.92 Å². The summed E-state index contributed by atoms with van der Waals surface area (Å²) < 4.78 is 1.58. The van der Waals surface area contributed by atoms with Gasteiger partial charge in [0.15, 0.2) is 0 Å². The number of rotatable bonds is 6. The van der Waals surface area contributed by atoms with Gasteiger partial charge in [0.25, 0.3) is 5.91 Å². The number of aliphatic carboxylic acids is 1. The molecule has 0 aliphatic carbocycles. The van der Waals surface area contributed by atoms with E-state index in [0.717, 1.165) is 18.5 Å². The lowest BCUT2D eigenvalue weighted by Crippen LogP contribution is -2.40. The molecule has 1 unspecified atom stereocenters. The molecule has 0 spiro atoms. The molecule has 1 amide bonds. The monoisotopic (exact) mass is 253 g/mol. The zero-order valence-corrected chi connectivity index (χ0v) is 10.9. The number of hydrogen-bond donors (Lipinski definition) is 2. The van der Waals surface area contributed by atoms with Crippen molar-refractivity contribution in [3.63, 3.8) is 0 Å². The van der Waals surface area contributed by atoms with Crippen LogP contribution in [0.25, 0.3) is 0 Å². The van der Waals surface area contributed by atoms with Crippen molar-refractivity contribution in [1.29, 1.82) is 0 Å². The van der Waals surface area contributed by atoms with E-state index in [1.54, 1.807) is 17.8 Å². The van der Waals surface area contributed by atoms with Gasteiger partial charge >= 0.3 is 5.97 Å². The van der Waals surface area contributed by atoms with Crippen molar-refractivity contribution in [2.75, 3.05) is 0 Å². The van der Waals surface area contributed by atoms with E-state index in [4.69, 9.17) is 5.11 Å².